The summed E-state index contributed by atoms with van der Waals surface area (Å²) in [4.78, 5) is 10.9. The van der Waals surface area contributed by atoms with E-state index in [0.717, 1.165) is 5.56 Å². The lowest BCUT2D eigenvalue weighted by Gasteiger charge is -2.15. The molecule has 0 amide bonds. The van der Waals surface area contributed by atoms with Crippen molar-refractivity contribution in [3.05, 3.63) is 23.3 Å². The Morgan fingerprint density at radius 2 is 2.22 bits per heavy atom. The summed E-state index contributed by atoms with van der Waals surface area (Å²) in [7, 11) is 1.57. The van der Waals surface area contributed by atoms with Crippen LogP contribution in [0.4, 0.5) is 0 Å². The number of hydrogen-bond donors (Lipinski definition) is 3. The third-order valence-electron chi connectivity index (χ3n) is 3.40. The van der Waals surface area contributed by atoms with Gasteiger partial charge in [0.2, 0.25) is 0 Å². The van der Waals surface area contributed by atoms with E-state index in [1.54, 1.807) is 19.2 Å². The van der Waals surface area contributed by atoms with Gasteiger partial charge < -0.3 is 20.3 Å². The van der Waals surface area contributed by atoms with E-state index in [1.807, 2.05) is 6.92 Å². The van der Waals surface area contributed by atoms with Crippen molar-refractivity contribution in [1.29, 1.82) is 0 Å². The van der Waals surface area contributed by atoms with E-state index in [-0.39, 0.29) is 11.8 Å². The number of carboxylic acid groups (broad SMARTS) is 1. The Kier molecular flexibility index (Phi) is 3.43. The minimum atomic E-state index is -0.802. The molecule has 5 heteroatoms. The average Bonchev–Trinajstić information content (AvgIpc) is 2.78. The lowest BCUT2D eigenvalue weighted by Crippen LogP contribution is -2.17. The summed E-state index contributed by atoms with van der Waals surface area (Å²) >= 11 is 0. The lowest BCUT2D eigenvalue weighted by atomic mass is 9.98. The van der Waals surface area contributed by atoms with Crippen LogP contribution in [0.5, 0.6) is 11.5 Å². The molecule has 5 nitrogen and oxygen atoms in total. The van der Waals surface area contributed by atoms with E-state index < -0.39 is 11.9 Å². The smallest absolute Gasteiger partial charge is 0.307 e. The minimum Gasteiger partial charge on any atom is -0.508 e. The molecule has 2 atom stereocenters. The van der Waals surface area contributed by atoms with Crippen molar-refractivity contribution >= 4 is 5.97 Å². The maximum Gasteiger partial charge on any atom is 0.307 e. The summed E-state index contributed by atoms with van der Waals surface area (Å²) < 4.78 is 5.22. The Morgan fingerprint density at radius 1 is 1.50 bits per heavy atom. The first kappa shape index (κ1) is 12.7. The molecule has 2 rings (SSSR count). The van der Waals surface area contributed by atoms with Crippen molar-refractivity contribution in [2.24, 2.45) is 5.92 Å². The number of nitrogens with one attached hydrogen (secondary N) is 1. The molecule has 2 unspecified atom stereocenters. The first-order valence-corrected chi connectivity index (χ1v) is 5.86. The normalized spacial score (nSPS) is 23.0. The van der Waals surface area contributed by atoms with Gasteiger partial charge in [0.25, 0.3) is 0 Å². The Hall–Kier alpha value is -1.75. The lowest BCUT2D eigenvalue weighted by molar-refractivity contribution is -0.141. The number of benzene rings is 1. The third-order valence-corrected chi connectivity index (χ3v) is 3.40. The van der Waals surface area contributed by atoms with Gasteiger partial charge in [0.05, 0.1) is 13.0 Å². The average molecular weight is 251 g/mol. The van der Waals surface area contributed by atoms with Crippen LogP contribution in [-0.2, 0) is 4.79 Å². The molecule has 1 aromatic carbocycles. The Morgan fingerprint density at radius 3 is 2.78 bits per heavy atom. The number of hydrogen-bond acceptors (Lipinski definition) is 4. The molecule has 1 aliphatic heterocycles. The number of aromatic hydroxyl groups is 1. The number of phenols is 1. The number of carbonyl (C=O) groups is 1. The highest BCUT2D eigenvalue weighted by Crippen LogP contribution is 2.36. The van der Waals surface area contributed by atoms with Gasteiger partial charge in [0.15, 0.2) is 0 Å². The van der Waals surface area contributed by atoms with Crippen LogP contribution in [0.15, 0.2) is 12.1 Å². The van der Waals surface area contributed by atoms with E-state index in [9.17, 15) is 9.90 Å². The molecule has 0 spiro atoms. The molecule has 18 heavy (non-hydrogen) atoms. The number of rotatable bonds is 3. The molecule has 1 heterocycles. The zero-order valence-electron chi connectivity index (χ0n) is 10.4. The molecule has 3 N–H and O–H groups in total. The van der Waals surface area contributed by atoms with Crippen LogP contribution in [0.25, 0.3) is 0 Å². The molecule has 0 aliphatic carbocycles. The number of carboxylic acids is 1. The summed E-state index contributed by atoms with van der Waals surface area (Å²) in [6.07, 6.45) is 0.481. The highest BCUT2D eigenvalue weighted by molar-refractivity contribution is 5.71. The summed E-state index contributed by atoms with van der Waals surface area (Å²) in [5, 5.41) is 22.0. The molecule has 1 aliphatic rings. The predicted molar refractivity (Wildman–Crippen MR) is 65.9 cm³/mol. The van der Waals surface area contributed by atoms with Crippen LogP contribution in [0.1, 0.15) is 23.6 Å². The Balaban J connectivity index is 2.26. The summed E-state index contributed by atoms with van der Waals surface area (Å²) in [6.45, 7) is 2.28. The van der Waals surface area contributed by atoms with Gasteiger partial charge >= 0.3 is 5.97 Å². The topological polar surface area (TPSA) is 78.8 Å². The zero-order valence-corrected chi connectivity index (χ0v) is 10.4. The van der Waals surface area contributed by atoms with Crippen molar-refractivity contribution in [2.75, 3.05) is 13.7 Å². The third kappa shape index (κ3) is 2.26. The number of ether oxygens (including phenoxy) is 1. The standard InChI is InChI=1S/C13H17NO4/c1-7-3-11(15)9(5-12(7)18-2)10-4-8(6-14-10)13(16)17/h3,5,8,10,14-15H,4,6H2,1-2H3,(H,16,17). The van der Waals surface area contributed by atoms with Crippen LogP contribution in [0.3, 0.4) is 0 Å². The highest BCUT2D eigenvalue weighted by Gasteiger charge is 2.31. The second-order valence-corrected chi connectivity index (χ2v) is 4.61. The minimum absolute atomic E-state index is 0.138. The molecular formula is C13H17NO4. The maximum atomic E-state index is 10.9. The van der Waals surface area contributed by atoms with Crippen molar-refractivity contribution in [1.82, 2.24) is 5.32 Å². The predicted octanol–water partition coefficient (Wildman–Crippen LogP) is 1.44. The molecule has 98 valence electrons. The van der Waals surface area contributed by atoms with Gasteiger partial charge in [-0.3, -0.25) is 4.79 Å². The summed E-state index contributed by atoms with van der Waals surface area (Å²) in [6, 6.07) is 3.27. The Labute approximate surface area is 105 Å². The molecular weight excluding hydrogens is 234 g/mol. The van der Waals surface area contributed by atoms with Crippen molar-refractivity contribution in [2.45, 2.75) is 19.4 Å². The number of methoxy groups -OCH3 is 1. The first-order valence-electron chi connectivity index (χ1n) is 5.86. The first-order chi connectivity index (χ1) is 8.52. The van der Waals surface area contributed by atoms with Crippen LogP contribution in [0.2, 0.25) is 0 Å². The second-order valence-electron chi connectivity index (χ2n) is 4.61. The van der Waals surface area contributed by atoms with E-state index in [4.69, 9.17) is 9.84 Å². The molecule has 1 saturated heterocycles. The van der Waals surface area contributed by atoms with E-state index in [2.05, 4.69) is 5.32 Å². The fourth-order valence-corrected chi connectivity index (χ4v) is 2.35. The van der Waals surface area contributed by atoms with Crippen molar-refractivity contribution in [3.8, 4) is 11.5 Å². The molecule has 0 aromatic heterocycles. The summed E-state index contributed by atoms with van der Waals surface area (Å²) in [5.74, 6) is -0.328. The molecule has 1 fully saturated rings. The van der Waals surface area contributed by atoms with Crippen molar-refractivity contribution in [3.63, 3.8) is 0 Å². The quantitative estimate of drug-likeness (QED) is 0.757. The monoisotopic (exact) mass is 251 g/mol. The van der Waals surface area contributed by atoms with E-state index in [1.165, 1.54) is 0 Å². The van der Waals surface area contributed by atoms with Gasteiger partial charge in [-0.2, -0.15) is 0 Å². The van der Waals surface area contributed by atoms with Gasteiger partial charge in [0, 0.05) is 18.2 Å². The second kappa shape index (κ2) is 4.86. The summed E-state index contributed by atoms with van der Waals surface area (Å²) in [5.41, 5.74) is 1.55. The van der Waals surface area contributed by atoms with Gasteiger partial charge in [-0.25, -0.2) is 0 Å². The Bertz CT molecular complexity index is 472. The fourth-order valence-electron chi connectivity index (χ4n) is 2.35. The van der Waals surface area contributed by atoms with Crippen LogP contribution in [0, 0.1) is 12.8 Å². The van der Waals surface area contributed by atoms with Crippen LogP contribution < -0.4 is 10.1 Å². The zero-order chi connectivity index (χ0) is 13.3. The van der Waals surface area contributed by atoms with Gasteiger partial charge in [-0.1, -0.05) is 0 Å². The largest absolute Gasteiger partial charge is 0.508 e. The van der Waals surface area contributed by atoms with Gasteiger partial charge in [-0.05, 0) is 31.0 Å². The molecule has 1 aromatic rings. The molecule has 0 radical (unpaired) electrons. The highest BCUT2D eigenvalue weighted by atomic mass is 16.5. The number of aryl methyl sites for hydroxylation is 1. The SMILES string of the molecule is COc1cc(C2CC(C(=O)O)CN2)c(O)cc1C. The van der Waals surface area contributed by atoms with E-state index >= 15 is 0 Å². The fraction of sp³-hybridized carbons (Fsp3) is 0.462. The molecule has 0 saturated carbocycles. The van der Waals surface area contributed by atoms with E-state index in [0.29, 0.717) is 24.3 Å². The maximum absolute atomic E-state index is 10.9. The number of aliphatic carboxylic acids is 1. The van der Waals surface area contributed by atoms with Crippen LogP contribution >= 0.6 is 0 Å². The van der Waals surface area contributed by atoms with Crippen molar-refractivity contribution < 1.29 is 19.7 Å². The van der Waals surface area contributed by atoms with Gasteiger partial charge in [0.1, 0.15) is 11.5 Å². The van der Waals surface area contributed by atoms with Crippen LogP contribution in [-0.4, -0.2) is 29.8 Å². The number of phenolic OH excluding ortho intramolecular Hbond substituents is 1. The molecule has 0 bridgehead atoms. The van der Waals surface area contributed by atoms with Gasteiger partial charge in [-0.15, -0.1) is 0 Å².